The summed E-state index contributed by atoms with van der Waals surface area (Å²) in [6, 6.07) is 0.633. The molecular formula is C14H29N5O2. The van der Waals surface area contributed by atoms with Crippen molar-refractivity contribution in [3.63, 3.8) is 0 Å². The van der Waals surface area contributed by atoms with Crippen molar-refractivity contribution in [3.05, 3.63) is 0 Å². The van der Waals surface area contributed by atoms with Gasteiger partial charge in [-0.3, -0.25) is 10.3 Å². The van der Waals surface area contributed by atoms with Crippen molar-refractivity contribution < 1.29 is 9.47 Å². The number of rotatable bonds is 7. The largest absolute Gasteiger partial charge is 0.382 e. The van der Waals surface area contributed by atoms with Crippen LogP contribution in [0.2, 0.25) is 0 Å². The lowest BCUT2D eigenvalue weighted by Crippen LogP contribution is -2.48. The fourth-order valence-electron chi connectivity index (χ4n) is 2.87. The van der Waals surface area contributed by atoms with Crippen LogP contribution in [0.25, 0.3) is 0 Å². The van der Waals surface area contributed by atoms with Gasteiger partial charge in [0.15, 0.2) is 0 Å². The summed E-state index contributed by atoms with van der Waals surface area (Å²) in [7, 11) is 0. The molecule has 0 spiro atoms. The van der Waals surface area contributed by atoms with Gasteiger partial charge in [-0.15, -0.1) is 0 Å². The molecule has 2 saturated heterocycles. The van der Waals surface area contributed by atoms with Gasteiger partial charge in [-0.25, -0.2) is 10.8 Å². The maximum Gasteiger partial charge on any atom is 0.205 e. The molecule has 2 fully saturated rings. The van der Waals surface area contributed by atoms with Gasteiger partial charge >= 0.3 is 0 Å². The quantitative estimate of drug-likeness (QED) is 0.197. The van der Waals surface area contributed by atoms with Gasteiger partial charge in [0.05, 0.1) is 19.3 Å². The van der Waals surface area contributed by atoms with Crippen LogP contribution < -0.4 is 16.6 Å². The van der Waals surface area contributed by atoms with Gasteiger partial charge in [0.1, 0.15) is 0 Å². The Morgan fingerprint density at radius 1 is 1.52 bits per heavy atom. The van der Waals surface area contributed by atoms with Crippen LogP contribution in [0, 0.1) is 0 Å². The van der Waals surface area contributed by atoms with Crippen molar-refractivity contribution in [2.45, 2.75) is 38.3 Å². The number of nitrogens with two attached hydrogens (primary N) is 1. The number of nitrogens with one attached hydrogen (secondary N) is 2. The predicted molar refractivity (Wildman–Crippen MR) is 83.1 cm³/mol. The van der Waals surface area contributed by atoms with Crippen LogP contribution in [0.4, 0.5) is 0 Å². The summed E-state index contributed by atoms with van der Waals surface area (Å²) in [5.74, 6) is 6.11. The van der Waals surface area contributed by atoms with Gasteiger partial charge in [0, 0.05) is 32.3 Å². The van der Waals surface area contributed by atoms with E-state index in [0.29, 0.717) is 18.5 Å². The molecule has 2 atom stereocenters. The van der Waals surface area contributed by atoms with E-state index in [1.165, 1.54) is 19.4 Å². The summed E-state index contributed by atoms with van der Waals surface area (Å²) in [6.07, 6.45) is 3.67. The van der Waals surface area contributed by atoms with Gasteiger partial charge in [-0.1, -0.05) is 0 Å². The Hall–Kier alpha value is -0.890. The first-order valence-corrected chi connectivity index (χ1v) is 8.01. The molecule has 0 aromatic heterocycles. The number of hydrazine groups is 1. The second kappa shape index (κ2) is 9.19. The van der Waals surface area contributed by atoms with Crippen molar-refractivity contribution in [2.24, 2.45) is 10.8 Å². The van der Waals surface area contributed by atoms with E-state index < -0.39 is 0 Å². The minimum absolute atomic E-state index is 0.174. The lowest BCUT2D eigenvalue weighted by molar-refractivity contribution is -0.0432. The van der Waals surface area contributed by atoms with Gasteiger partial charge in [-0.05, 0) is 32.7 Å². The zero-order valence-electron chi connectivity index (χ0n) is 13.0. The molecule has 0 aliphatic carbocycles. The summed E-state index contributed by atoms with van der Waals surface area (Å²) in [5.41, 5.74) is 2.61. The summed E-state index contributed by atoms with van der Waals surface area (Å²) in [4.78, 5) is 7.00. The number of nitrogens with zero attached hydrogens (tertiary/aromatic N) is 2. The second-order valence-corrected chi connectivity index (χ2v) is 5.56. The molecule has 4 N–H and O–H groups in total. The minimum Gasteiger partial charge on any atom is -0.382 e. The molecule has 21 heavy (non-hydrogen) atoms. The monoisotopic (exact) mass is 299 g/mol. The van der Waals surface area contributed by atoms with Crippen LogP contribution in [-0.2, 0) is 9.47 Å². The van der Waals surface area contributed by atoms with E-state index in [1.54, 1.807) is 0 Å². The van der Waals surface area contributed by atoms with E-state index in [-0.39, 0.29) is 6.10 Å². The topological polar surface area (TPSA) is 84.1 Å². The van der Waals surface area contributed by atoms with Crippen LogP contribution in [-0.4, -0.2) is 69.0 Å². The number of hydrogen-bond donors (Lipinski definition) is 3. The SMILES string of the molecule is CCOCCCNC(=NCC1CN2CCCC2CO1)NN. The van der Waals surface area contributed by atoms with Gasteiger partial charge in [0.2, 0.25) is 5.96 Å². The number of morpholine rings is 1. The van der Waals surface area contributed by atoms with E-state index in [1.807, 2.05) is 6.92 Å². The van der Waals surface area contributed by atoms with Crippen molar-refractivity contribution in [1.82, 2.24) is 15.6 Å². The number of fused-ring (bicyclic) bond motifs is 1. The van der Waals surface area contributed by atoms with Crippen molar-refractivity contribution in [3.8, 4) is 0 Å². The van der Waals surface area contributed by atoms with E-state index in [9.17, 15) is 0 Å². The molecule has 0 radical (unpaired) electrons. The lowest BCUT2D eigenvalue weighted by Gasteiger charge is -2.34. The number of guanidine groups is 1. The number of aliphatic imine (C=N–C) groups is 1. The molecular weight excluding hydrogens is 270 g/mol. The second-order valence-electron chi connectivity index (χ2n) is 5.56. The highest BCUT2D eigenvalue weighted by Gasteiger charge is 2.31. The Kier molecular flexibility index (Phi) is 7.21. The van der Waals surface area contributed by atoms with Crippen molar-refractivity contribution in [1.29, 1.82) is 0 Å². The summed E-state index contributed by atoms with van der Waals surface area (Å²) in [5, 5.41) is 3.18. The third kappa shape index (κ3) is 5.43. The van der Waals surface area contributed by atoms with Crippen LogP contribution in [0.3, 0.4) is 0 Å². The van der Waals surface area contributed by atoms with Gasteiger partial charge in [-0.2, -0.15) is 0 Å². The Morgan fingerprint density at radius 3 is 3.24 bits per heavy atom. The summed E-state index contributed by atoms with van der Waals surface area (Å²) < 4.78 is 11.2. The minimum atomic E-state index is 0.174. The molecule has 7 nitrogen and oxygen atoms in total. The molecule has 2 heterocycles. The van der Waals surface area contributed by atoms with Crippen LogP contribution in [0.15, 0.2) is 4.99 Å². The Balaban J connectivity index is 1.65. The smallest absolute Gasteiger partial charge is 0.205 e. The highest BCUT2D eigenvalue weighted by atomic mass is 16.5. The Labute approximate surface area is 127 Å². The number of hydrogen-bond acceptors (Lipinski definition) is 5. The molecule has 7 heteroatoms. The van der Waals surface area contributed by atoms with Crippen LogP contribution >= 0.6 is 0 Å². The van der Waals surface area contributed by atoms with E-state index >= 15 is 0 Å². The average molecular weight is 299 g/mol. The van der Waals surface area contributed by atoms with E-state index in [0.717, 1.165) is 39.3 Å². The van der Waals surface area contributed by atoms with Gasteiger partial charge in [0.25, 0.3) is 0 Å². The third-order valence-electron chi connectivity index (χ3n) is 4.01. The lowest BCUT2D eigenvalue weighted by atomic mass is 10.2. The molecule has 0 amide bonds. The number of ether oxygens (including phenoxy) is 2. The standard InChI is InChI=1S/C14H29N5O2/c1-2-20-8-4-6-16-14(18-15)17-9-13-10-19-7-3-5-12(19)11-21-13/h12-13H,2-11,15H2,1H3,(H2,16,17,18). The van der Waals surface area contributed by atoms with Crippen molar-refractivity contribution >= 4 is 5.96 Å². The summed E-state index contributed by atoms with van der Waals surface area (Å²) >= 11 is 0. The maximum absolute atomic E-state index is 5.88. The fraction of sp³-hybridized carbons (Fsp3) is 0.929. The first-order chi connectivity index (χ1) is 10.3. The zero-order valence-corrected chi connectivity index (χ0v) is 13.0. The normalized spacial score (nSPS) is 26.7. The Bertz CT molecular complexity index is 326. The molecule has 0 aromatic carbocycles. The molecule has 2 aliphatic heterocycles. The van der Waals surface area contributed by atoms with Crippen LogP contribution in [0.5, 0.6) is 0 Å². The first kappa shape index (κ1) is 16.5. The first-order valence-electron chi connectivity index (χ1n) is 8.01. The molecule has 0 saturated carbocycles. The molecule has 2 unspecified atom stereocenters. The third-order valence-corrected chi connectivity index (χ3v) is 4.01. The van der Waals surface area contributed by atoms with Gasteiger partial charge < -0.3 is 14.8 Å². The predicted octanol–water partition coefficient (Wildman–Crippen LogP) is -0.315. The molecule has 122 valence electrons. The highest BCUT2D eigenvalue weighted by molar-refractivity contribution is 5.79. The fourth-order valence-corrected chi connectivity index (χ4v) is 2.87. The van der Waals surface area contributed by atoms with Crippen LogP contribution in [0.1, 0.15) is 26.2 Å². The average Bonchev–Trinajstić information content (AvgIpc) is 2.97. The summed E-state index contributed by atoms with van der Waals surface area (Å²) in [6.45, 7) is 7.96. The maximum atomic E-state index is 5.88. The zero-order chi connectivity index (χ0) is 14.9. The molecule has 0 bridgehead atoms. The molecule has 0 aromatic rings. The van der Waals surface area contributed by atoms with Crippen molar-refractivity contribution in [2.75, 3.05) is 46.0 Å². The Morgan fingerprint density at radius 2 is 2.43 bits per heavy atom. The van der Waals surface area contributed by atoms with E-state index in [2.05, 4.69) is 20.6 Å². The van der Waals surface area contributed by atoms with E-state index in [4.69, 9.17) is 15.3 Å². The highest BCUT2D eigenvalue weighted by Crippen LogP contribution is 2.22. The molecule has 2 rings (SSSR count). The molecule has 2 aliphatic rings.